The minimum absolute atomic E-state index is 0.0192. The van der Waals surface area contributed by atoms with E-state index < -0.39 is 29.1 Å². The second-order valence-electron chi connectivity index (χ2n) is 20.0. The lowest BCUT2D eigenvalue weighted by Crippen LogP contribution is -2.15. The molecule has 450 valence electrons. The van der Waals surface area contributed by atoms with E-state index in [1.165, 1.54) is 0 Å². The molecule has 0 aliphatic heterocycles. The number of ether oxygens (including phenoxy) is 6. The zero-order valence-electron chi connectivity index (χ0n) is 49.9. The van der Waals surface area contributed by atoms with E-state index in [1.807, 2.05) is 211 Å². The first-order valence-corrected chi connectivity index (χ1v) is 31.3. The van der Waals surface area contributed by atoms with Gasteiger partial charge in [0.2, 0.25) is 0 Å². The molecule has 0 saturated carbocycles. The highest BCUT2D eigenvalue weighted by atomic mass is 31.2. The molecule has 0 spiro atoms. The Bertz CT molecular complexity index is 3660. The van der Waals surface area contributed by atoms with E-state index in [9.17, 15) is 0 Å². The van der Waals surface area contributed by atoms with Gasteiger partial charge in [0.15, 0.2) is 11.5 Å². The first-order chi connectivity index (χ1) is 43.1. The summed E-state index contributed by atoms with van der Waals surface area (Å²) >= 11 is 0. The van der Waals surface area contributed by atoms with E-state index in [-0.39, 0.29) is 49.1 Å². The summed E-state index contributed by atoms with van der Waals surface area (Å²) in [4.78, 5) is 31.3. The van der Waals surface area contributed by atoms with Gasteiger partial charge in [0.1, 0.15) is 45.6 Å². The minimum Gasteiger partial charge on any atom is -0.423 e. The van der Waals surface area contributed by atoms with E-state index in [0.717, 1.165) is 0 Å². The third-order valence-corrected chi connectivity index (χ3v) is 16.1. The Kier molecular flexibility index (Phi) is 21.7. The third-order valence-electron chi connectivity index (χ3n) is 14.0. The monoisotopic (exact) mass is 1220 g/mol. The van der Waals surface area contributed by atoms with Crippen molar-refractivity contribution in [2.45, 2.75) is 68.0 Å². The molecule has 0 atom stereocenters. The van der Waals surface area contributed by atoms with Crippen LogP contribution in [0.15, 0.2) is 206 Å². The van der Waals surface area contributed by atoms with Gasteiger partial charge in [-0.05, 0) is 123 Å². The van der Waals surface area contributed by atoms with Crippen LogP contribution < -0.4 is 36.6 Å². The van der Waals surface area contributed by atoms with Crippen LogP contribution in [0.1, 0.15) is 81.8 Å². The zero-order chi connectivity index (χ0) is 61.2. The van der Waals surface area contributed by atoms with Crippen LogP contribution in [0.2, 0.25) is 0 Å². The van der Waals surface area contributed by atoms with Gasteiger partial charge in [0.25, 0.3) is 0 Å². The van der Waals surface area contributed by atoms with Crippen LogP contribution in [0.25, 0.3) is 32.7 Å². The Morgan fingerprint density at radius 2 is 0.602 bits per heavy atom. The smallest absolute Gasteiger partial charge is 0.423 e. The molecule has 0 aliphatic rings. The zero-order valence-corrected chi connectivity index (χ0v) is 51.7. The predicted molar refractivity (Wildman–Crippen MR) is 344 cm³/mol. The molecule has 14 nitrogen and oxygen atoms in total. The number of hydrogen-bond acceptors (Lipinski definition) is 14. The van der Waals surface area contributed by atoms with Crippen LogP contribution in [-0.2, 0) is 45.4 Å². The van der Waals surface area contributed by atoms with Crippen LogP contribution in [-0.4, -0.2) is 38.4 Å². The van der Waals surface area contributed by atoms with Crippen molar-refractivity contribution >= 4 is 50.7 Å². The molecule has 0 N–H and O–H groups in total. The Morgan fingerprint density at radius 1 is 0.330 bits per heavy atom. The molecule has 0 heterocycles. The lowest BCUT2D eigenvalue weighted by atomic mass is 9.88. The quantitative estimate of drug-likeness (QED) is 0.0249. The Hall–Kier alpha value is -8.84. The van der Waals surface area contributed by atoms with Crippen LogP contribution in [0, 0.1) is 13.8 Å². The molecule has 0 fully saturated rings. The highest BCUT2D eigenvalue weighted by Crippen LogP contribution is 2.56. The molecule has 0 bridgehead atoms. The maximum atomic E-state index is 15.6. The fourth-order valence-corrected chi connectivity index (χ4v) is 11.8. The highest BCUT2D eigenvalue weighted by molar-refractivity contribution is 7.43. The molecule has 0 aromatic heterocycles. The van der Waals surface area contributed by atoms with Crippen molar-refractivity contribution in [3.63, 3.8) is 0 Å². The number of rotatable bonds is 29. The second-order valence-corrected chi connectivity index (χ2v) is 22.0. The lowest BCUT2D eigenvalue weighted by molar-refractivity contribution is 0.0721. The van der Waals surface area contributed by atoms with Gasteiger partial charge in [0.05, 0.1) is 26.4 Å². The molecule has 0 unspecified atom stereocenters. The van der Waals surface area contributed by atoms with Crippen LogP contribution >= 0.6 is 17.2 Å². The average Bonchev–Trinajstić information content (AvgIpc) is 0.765. The maximum absolute atomic E-state index is 15.6. The van der Waals surface area contributed by atoms with Crippen molar-refractivity contribution in [3.05, 3.63) is 251 Å². The number of carbonyl (C=O) groups excluding carboxylic acids is 2. The van der Waals surface area contributed by atoms with Gasteiger partial charge in [-0.3, -0.25) is 0 Å². The number of para-hydroxylation sites is 6. The summed E-state index contributed by atoms with van der Waals surface area (Å²) < 4.78 is 79.5. The number of esters is 2. The van der Waals surface area contributed by atoms with Crippen molar-refractivity contribution in [1.82, 2.24) is 0 Å². The average molecular weight is 1220 g/mol. The summed E-state index contributed by atoms with van der Waals surface area (Å²) in [5, 5.41) is 2.35. The molecular formula is C72H68O14P2. The lowest BCUT2D eigenvalue weighted by Gasteiger charge is -2.27. The fraction of sp³-hybridized carbons (Fsp3) is 0.194. The molecule has 0 radical (unpaired) electrons. The maximum Gasteiger partial charge on any atom is 0.530 e. The van der Waals surface area contributed by atoms with Crippen LogP contribution in [0.3, 0.4) is 0 Å². The predicted octanol–water partition coefficient (Wildman–Crippen LogP) is 18.4. The number of carbonyl (C=O) groups is 2. The van der Waals surface area contributed by atoms with E-state index in [4.69, 9.17) is 55.6 Å². The number of hydrogen-bond donors (Lipinski definition) is 0. The summed E-state index contributed by atoms with van der Waals surface area (Å²) in [5.74, 6) is 0.635. The van der Waals surface area contributed by atoms with Gasteiger partial charge >= 0.3 is 29.1 Å². The molecule has 0 saturated heterocycles. The molecule has 88 heavy (non-hydrogen) atoms. The van der Waals surface area contributed by atoms with E-state index in [0.29, 0.717) is 127 Å². The van der Waals surface area contributed by atoms with Gasteiger partial charge in [-0.2, -0.15) is 0 Å². The highest BCUT2D eigenvalue weighted by Gasteiger charge is 2.36. The van der Waals surface area contributed by atoms with E-state index in [2.05, 4.69) is 0 Å². The standard InChI is InChI=1S/C72H68O14P2/c1-7-75-45-53-31-15-23-39-63(53)81-87(82-64-40-24-16-32-54(64)46-76-8-2)85-69-59(71(73)79-61-37-21-11-27-49(61)5)43-51-29-13-19-35-57(51)67(69)68-58-36-20-14-30-52(58)44-60(72(74)80-62-38-22-12-28-50(62)6)70(68)86-88(83-65-41-25-17-33-55(65)47-77-9-3)84-66-42-26-18-34-56(66)48-78-10-4/h11-44H,7-10,45-48H2,1-6H3. The number of benzene rings is 10. The van der Waals surface area contributed by atoms with Gasteiger partial charge in [-0.15, -0.1) is 0 Å². The number of fused-ring (bicyclic) bond motifs is 2. The molecule has 10 aromatic carbocycles. The van der Waals surface area contributed by atoms with Crippen molar-refractivity contribution in [2.24, 2.45) is 0 Å². The Morgan fingerprint density at radius 3 is 0.909 bits per heavy atom. The molecule has 0 amide bonds. The molecular weight excluding hydrogens is 1150 g/mol. The topological polar surface area (TPSA) is 145 Å². The SMILES string of the molecule is CCOCc1ccccc1OP(Oc1ccccc1COCC)Oc1c(C(=O)Oc2ccccc2C)cc2ccccc2c1-c1c(OP(Oc2ccccc2COCC)Oc2ccccc2COCC)c(C(=O)Oc2ccccc2C)cc2ccccc12. The van der Waals surface area contributed by atoms with Crippen molar-refractivity contribution in [1.29, 1.82) is 0 Å². The van der Waals surface area contributed by atoms with E-state index in [1.54, 1.807) is 36.4 Å². The Balaban J connectivity index is 1.29. The summed E-state index contributed by atoms with van der Waals surface area (Å²) in [6.07, 6.45) is 0. The van der Waals surface area contributed by atoms with Crippen molar-refractivity contribution in [3.8, 4) is 57.1 Å². The largest absolute Gasteiger partial charge is 0.530 e. The van der Waals surface area contributed by atoms with Gasteiger partial charge in [0, 0.05) is 59.8 Å². The van der Waals surface area contributed by atoms with Gasteiger partial charge < -0.3 is 55.6 Å². The number of aryl methyl sites for hydroxylation is 2. The van der Waals surface area contributed by atoms with Gasteiger partial charge in [-0.1, -0.05) is 158 Å². The molecule has 10 rings (SSSR count). The van der Waals surface area contributed by atoms with Crippen molar-refractivity contribution < 1.29 is 65.2 Å². The van der Waals surface area contributed by atoms with E-state index >= 15 is 9.59 Å². The third kappa shape index (κ3) is 15.3. The summed E-state index contributed by atoms with van der Waals surface area (Å²) in [5.41, 5.74) is 4.82. The molecule has 10 aromatic rings. The summed E-state index contributed by atoms with van der Waals surface area (Å²) in [6, 6.07) is 62.8. The second kappa shape index (κ2) is 30.7. The Labute approximate surface area is 515 Å². The molecule has 0 aliphatic carbocycles. The van der Waals surface area contributed by atoms with Crippen molar-refractivity contribution in [2.75, 3.05) is 26.4 Å². The normalized spacial score (nSPS) is 11.2. The molecule has 16 heteroatoms. The summed E-state index contributed by atoms with van der Waals surface area (Å²) in [7, 11) is -5.30. The first kappa shape index (κ1) is 62.2. The minimum atomic E-state index is -2.65. The van der Waals surface area contributed by atoms with Crippen LogP contribution in [0.5, 0.6) is 46.0 Å². The first-order valence-electron chi connectivity index (χ1n) is 29.1. The van der Waals surface area contributed by atoms with Gasteiger partial charge in [-0.25, -0.2) is 9.59 Å². The van der Waals surface area contributed by atoms with Crippen LogP contribution in [0.4, 0.5) is 0 Å². The summed E-state index contributed by atoms with van der Waals surface area (Å²) in [6.45, 7) is 14.0. The fourth-order valence-electron chi connectivity index (χ4n) is 9.58.